The maximum absolute atomic E-state index is 10.1. The van der Waals surface area contributed by atoms with Crippen LogP contribution < -0.4 is 0 Å². The molecule has 0 bridgehead atoms. The first kappa shape index (κ1) is 81.7. The van der Waals surface area contributed by atoms with E-state index in [-0.39, 0.29) is 10.8 Å². The van der Waals surface area contributed by atoms with Gasteiger partial charge < -0.3 is 27.4 Å². The van der Waals surface area contributed by atoms with Crippen molar-refractivity contribution in [2.75, 3.05) is 0 Å². The lowest BCUT2D eigenvalue weighted by molar-refractivity contribution is 0.591. The van der Waals surface area contributed by atoms with Gasteiger partial charge in [-0.3, -0.25) is 0 Å². The van der Waals surface area contributed by atoms with E-state index in [1.807, 2.05) is 84.9 Å². The molecule has 0 aliphatic carbocycles. The van der Waals surface area contributed by atoms with Crippen molar-refractivity contribution < 1.29 is 0 Å². The summed E-state index contributed by atoms with van der Waals surface area (Å²) in [5, 5.41) is 23.9. The summed E-state index contributed by atoms with van der Waals surface area (Å²) >= 11 is 0. The number of aromatic nitrogens is 12. The van der Waals surface area contributed by atoms with Crippen molar-refractivity contribution in [3.8, 4) is 109 Å². The Balaban J connectivity index is 0.000000150. The average Bonchev–Trinajstić information content (AvgIpc) is 1.57. The third-order valence-corrected chi connectivity index (χ3v) is 27.4. The zero-order valence-corrected chi connectivity index (χ0v) is 76.5. The SMILES string of the molecule is [C-]#[N+]c1ccc2c(c1)c1cc(C(C)(C)C)ccc1n2-c1ccc(-n2c3ccc(C#N)cc3c3cc(C(C)(C)C)ccc32)c(-c2nc(-c3ccccc3)nc(-c3ccccc3)n2)c1.c1ccc2c(c1)c1ccccc1n2-c1ccc(-c2nc(-c3ccc(-n4c5ccccc5c5ccccc54)cc3)nc(-c3cc(-n4c5ccccc5c5ccccc54)ccc3-n3c4ccccc4c4ccccc43)n2)cc1. The van der Waals surface area contributed by atoms with E-state index in [9.17, 15) is 5.26 Å². The smallest absolute Gasteiger partial charge is 0.188 e. The highest BCUT2D eigenvalue weighted by atomic mass is 15.1. The Labute approximate surface area is 795 Å². The first-order valence-electron chi connectivity index (χ1n) is 46.6. The monoisotopic (exact) mass is 1770 g/mol. The molecule has 138 heavy (non-hydrogen) atoms. The van der Waals surface area contributed by atoms with Gasteiger partial charge in [-0.1, -0.05) is 266 Å². The van der Waals surface area contributed by atoms with Crippen LogP contribution >= 0.6 is 0 Å². The molecule has 0 amide bonds. The lowest BCUT2D eigenvalue weighted by Gasteiger charge is -2.20. The van der Waals surface area contributed by atoms with Gasteiger partial charge in [-0.05, 0) is 215 Å². The zero-order valence-electron chi connectivity index (χ0n) is 76.5. The fourth-order valence-corrected chi connectivity index (χ4v) is 20.7. The summed E-state index contributed by atoms with van der Waals surface area (Å²) in [6.07, 6.45) is 0. The van der Waals surface area contributed by atoms with Gasteiger partial charge in [-0.2, -0.15) is 5.26 Å². The van der Waals surface area contributed by atoms with Gasteiger partial charge in [0.05, 0.1) is 95.8 Å². The molecule has 14 heteroatoms. The van der Waals surface area contributed by atoms with E-state index in [2.05, 4.69) is 407 Å². The minimum absolute atomic E-state index is 0.0651. The quantitative estimate of drug-likeness (QED) is 0.111. The van der Waals surface area contributed by atoms with Gasteiger partial charge in [-0.15, -0.1) is 0 Å². The van der Waals surface area contributed by atoms with Gasteiger partial charge in [0, 0.05) is 115 Å². The second-order valence-corrected chi connectivity index (χ2v) is 37.6. The number of rotatable bonds is 12. The number of fused-ring (bicyclic) bond motifs is 18. The summed E-state index contributed by atoms with van der Waals surface area (Å²) in [4.78, 5) is 35.9. The Bertz CT molecular complexity index is 9120. The molecule has 18 aromatic carbocycles. The molecular weight excluding hydrogens is 1690 g/mol. The second-order valence-electron chi connectivity index (χ2n) is 37.6. The fourth-order valence-electron chi connectivity index (χ4n) is 20.7. The van der Waals surface area contributed by atoms with Crippen molar-refractivity contribution in [2.45, 2.75) is 52.4 Å². The average molecular weight is 1770 g/mol. The molecule has 8 aromatic heterocycles. The number of hydrogen-bond donors (Lipinski definition) is 0. The highest BCUT2D eigenvalue weighted by molar-refractivity contribution is 6.16. The van der Waals surface area contributed by atoms with Crippen molar-refractivity contribution >= 4 is 137 Å². The van der Waals surface area contributed by atoms with Crippen molar-refractivity contribution in [3.05, 3.63) is 441 Å². The number of nitrogens with zero attached hydrogens (tertiary/aromatic N) is 14. The normalized spacial score (nSPS) is 12.0. The first-order valence-corrected chi connectivity index (χ1v) is 46.6. The molecule has 0 radical (unpaired) electrons. The number of para-hydroxylation sites is 8. The summed E-state index contributed by atoms with van der Waals surface area (Å²) in [7, 11) is 0. The van der Waals surface area contributed by atoms with Crippen molar-refractivity contribution in [1.29, 1.82) is 5.26 Å². The van der Waals surface area contributed by atoms with Gasteiger partial charge in [0.25, 0.3) is 0 Å². The maximum atomic E-state index is 10.1. The minimum atomic E-state index is -0.0830. The molecule has 0 saturated heterocycles. The Morgan fingerprint density at radius 2 is 0.478 bits per heavy atom. The molecule has 652 valence electrons. The van der Waals surface area contributed by atoms with Crippen LogP contribution in [0.2, 0.25) is 0 Å². The molecule has 0 atom stereocenters. The van der Waals surface area contributed by atoms with Crippen LogP contribution in [0.15, 0.2) is 413 Å². The third-order valence-electron chi connectivity index (χ3n) is 27.4. The van der Waals surface area contributed by atoms with E-state index in [1.165, 1.54) is 54.2 Å². The van der Waals surface area contributed by atoms with Crippen LogP contribution in [0, 0.1) is 17.9 Å². The van der Waals surface area contributed by atoms with E-state index in [0.29, 0.717) is 46.2 Å². The number of nitriles is 1. The first-order chi connectivity index (χ1) is 67.6. The van der Waals surface area contributed by atoms with Crippen LogP contribution in [0.3, 0.4) is 0 Å². The Morgan fingerprint density at radius 3 is 0.804 bits per heavy atom. The lowest BCUT2D eigenvalue weighted by Crippen LogP contribution is -2.10. The van der Waals surface area contributed by atoms with Crippen LogP contribution in [-0.4, -0.2) is 57.3 Å². The van der Waals surface area contributed by atoms with Crippen LogP contribution in [-0.2, 0) is 10.8 Å². The molecule has 26 rings (SSSR count). The second kappa shape index (κ2) is 32.3. The highest BCUT2D eigenvalue weighted by Gasteiger charge is 2.29. The van der Waals surface area contributed by atoms with E-state index < -0.39 is 0 Å². The van der Waals surface area contributed by atoms with Crippen molar-refractivity contribution in [1.82, 2.24) is 57.3 Å². The molecule has 0 spiro atoms. The standard InChI is InChI=1S/C69H43N7.C55H43N7/c1-9-25-58-49(17-1)50-18-2-10-26-59(50)73(58)46-37-33-44(34-38-46)67-70-68(45-35-39-47(40-36-45)74-60-27-11-3-19-51(60)52-20-4-12-28-61(52)74)72-69(71-67)57-43-48(75-62-29-13-5-21-53(62)54-22-6-14-30-63(54)75)41-42-66(57)76-64-31-15-7-23-55(64)56-24-8-16-32-65(56)76;1-54(2,3)37-19-24-46-43(30-37)44-31-39(57-7)21-26-47(44)61(46)40-22-27-50(62-48-23-18-34(33-56)28-41(48)42-29-38(55(4,5)6)20-25-49(42)62)45(32-40)53-59-51(35-14-10-8-11-15-35)58-52(60-53)36-16-12-9-13-17-36/h1-43H;8-32H,1-6H3. The van der Waals surface area contributed by atoms with Crippen molar-refractivity contribution in [2.24, 2.45) is 0 Å². The highest BCUT2D eigenvalue weighted by Crippen LogP contribution is 2.47. The Kier molecular flexibility index (Phi) is 19.1. The van der Waals surface area contributed by atoms with E-state index in [0.717, 1.165) is 155 Å². The van der Waals surface area contributed by atoms with Crippen LogP contribution in [0.25, 0.3) is 238 Å². The third kappa shape index (κ3) is 13.6. The van der Waals surface area contributed by atoms with Crippen molar-refractivity contribution in [3.63, 3.8) is 0 Å². The molecule has 14 nitrogen and oxygen atoms in total. The zero-order chi connectivity index (χ0) is 92.8. The number of hydrogen-bond acceptors (Lipinski definition) is 7. The van der Waals surface area contributed by atoms with Crippen LogP contribution in [0.5, 0.6) is 0 Å². The fraction of sp³-hybridized carbons (Fsp3) is 0.0645. The molecule has 0 fully saturated rings. The maximum Gasteiger partial charge on any atom is 0.188 e. The topological polar surface area (TPSA) is 135 Å². The molecule has 26 aromatic rings. The molecule has 0 saturated carbocycles. The summed E-state index contributed by atoms with van der Waals surface area (Å²) in [6, 6.07) is 148. The molecule has 0 aliphatic heterocycles. The lowest BCUT2D eigenvalue weighted by atomic mass is 9.86. The summed E-state index contributed by atoms with van der Waals surface area (Å²) in [5.74, 6) is 3.39. The summed E-state index contributed by atoms with van der Waals surface area (Å²) in [5.41, 5.74) is 27.7. The molecule has 0 aliphatic rings. The van der Waals surface area contributed by atoms with Crippen LogP contribution in [0.1, 0.15) is 58.2 Å². The molecule has 8 heterocycles. The van der Waals surface area contributed by atoms with Gasteiger partial charge in [0.15, 0.2) is 40.6 Å². The van der Waals surface area contributed by atoms with E-state index in [1.54, 1.807) is 0 Å². The predicted molar refractivity (Wildman–Crippen MR) is 567 cm³/mol. The molecule has 0 unspecified atom stereocenters. The van der Waals surface area contributed by atoms with Gasteiger partial charge in [0.1, 0.15) is 0 Å². The van der Waals surface area contributed by atoms with Gasteiger partial charge >= 0.3 is 0 Å². The Hall–Kier alpha value is -18.2. The van der Waals surface area contributed by atoms with Gasteiger partial charge in [-0.25, -0.2) is 34.7 Å². The van der Waals surface area contributed by atoms with E-state index in [4.69, 9.17) is 36.5 Å². The summed E-state index contributed by atoms with van der Waals surface area (Å²) in [6.45, 7) is 21.2. The van der Waals surface area contributed by atoms with Crippen LogP contribution in [0.4, 0.5) is 5.69 Å². The molecular formula is C124H86N14. The largest absolute Gasteiger partial charge is 0.309 e. The minimum Gasteiger partial charge on any atom is -0.309 e. The predicted octanol–water partition coefficient (Wildman–Crippen LogP) is 31.3. The summed E-state index contributed by atoms with van der Waals surface area (Å²) < 4.78 is 14.0. The Morgan fingerprint density at radius 1 is 0.225 bits per heavy atom. The number of benzene rings is 18. The molecule has 0 N–H and O–H groups in total. The van der Waals surface area contributed by atoms with Gasteiger partial charge in [0.2, 0.25) is 0 Å². The van der Waals surface area contributed by atoms with E-state index >= 15 is 0 Å².